The molecule has 1 heterocycles. The summed E-state index contributed by atoms with van der Waals surface area (Å²) >= 11 is 5.83. The van der Waals surface area contributed by atoms with Crippen LogP contribution in [0.3, 0.4) is 0 Å². The van der Waals surface area contributed by atoms with Gasteiger partial charge in [0.05, 0.1) is 28.6 Å². The fraction of sp³-hybridized carbons (Fsp3) is 0.304. The standard InChI is InChI=1S/C23H23ClFNO5/c1-3-12(2)18(11-27)26-10-15(23(30)31)22(29)19-17(26)8-7-14(21(19)28)9-13-5-4-6-16(24)20(13)25/h4-8,10,12,18,27-28H,3,9,11H2,1-2H3,(H,30,31). The number of hydrogen-bond donors (Lipinski definition) is 3. The molecule has 3 rings (SSSR count). The van der Waals surface area contributed by atoms with Crippen molar-refractivity contribution in [1.82, 2.24) is 4.57 Å². The van der Waals surface area contributed by atoms with Gasteiger partial charge in [-0.3, -0.25) is 4.79 Å². The Balaban J connectivity index is 2.29. The Kier molecular flexibility index (Phi) is 6.67. The van der Waals surface area contributed by atoms with Crippen molar-refractivity contribution >= 4 is 28.5 Å². The second kappa shape index (κ2) is 9.08. The summed E-state index contributed by atoms with van der Waals surface area (Å²) in [5.41, 5.74) is -0.586. The molecule has 6 nitrogen and oxygen atoms in total. The number of phenols is 1. The Morgan fingerprint density at radius 1 is 1.23 bits per heavy atom. The summed E-state index contributed by atoms with van der Waals surface area (Å²) in [6.07, 6.45) is 1.87. The third-order valence-corrected chi connectivity index (χ3v) is 6.04. The molecule has 164 valence electrons. The van der Waals surface area contributed by atoms with Gasteiger partial charge in [0.25, 0.3) is 0 Å². The zero-order valence-corrected chi connectivity index (χ0v) is 17.9. The van der Waals surface area contributed by atoms with Gasteiger partial charge in [-0.1, -0.05) is 50.1 Å². The molecule has 1 aromatic heterocycles. The Morgan fingerprint density at radius 2 is 1.94 bits per heavy atom. The monoisotopic (exact) mass is 447 g/mol. The maximum atomic E-state index is 14.3. The molecular formula is C23H23ClFNO5. The van der Waals surface area contributed by atoms with Crippen molar-refractivity contribution in [3.05, 3.63) is 74.3 Å². The maximum Gasteiger partial charge on any atom is 0.341 e. The summed E-state index contributed by atoms with van der Waals surface area (Å²) in [5.74, 6) is -2.51. The second-order valence-corrected chi connectivity index (χ2v) is 7.98. The number of carboxylic acids is 1. The number of aromatic nitrogens is 1. The SMILES string of the molecule is CCC(C)C(CO)n1cc(C(=O)O)c(=O)c2c(O)c(Cc3cccc(Cl)c3F)ccc21. The van der Waals surface area contributed by atoms with Crippen LogP contribution in [0.15, 0.2) is 41.3 Å². The Bertz CT molecular complexity index is 1210. The predicted molar refractivity (Wildman–Crippen MR) is 117 cm³/mol. The van der Waals surface area contributed by atoms with Crippen molar-refractivity contribution in [3.63, 3.8) is 0 Å². The van der Waals surface area contributed by atoms with Gasteiger partial charge in [0.1, 0.15) is 17.1 Å². The molecular weight excluding hydrogens is 425 g/mol. The number of aromatic carboxylic acids is 1. The number of aliphatic hydroxyl groups is 1. The van der Waals surface area contributed by atoms with Crippen LogP contribution in [0.25, 0.3) is 10.9 Å². The summed E-state index contributed by atoms with van der Waals surface area (Å²) in [5, 5.41) is 30.2. The zero-order chi connectivity index (χ0) is 22.9. The van der Waals surface area contributed by atoms with Crippen LogP contribution >= 0.6 is 11.6 Å². The van der Waals surface area contributed by atoms with Crippen molar-refractivity contribution < 1.29 is 24.5 Å². The molecule has 3 N–H and O–H groups in total. The molecule has 0 aliphatic heterocycles. The number of benzene rings is 2. The van der Waals surface area contributed by atoms with Gasteiger partial charge in [0.2, 0.25) is 5.43 Å². The van der Waals surface area contributed by atoms with Crippen molar-refractivity contribution in [2.75, 3.05) is 6.61 Å². The average molecular weight is 448 g/mol. The Hall–Kier alpha value is -2.90. The molecule has 2 atom stereocenters. The number of carboxylic acid groups (broad SMARTS) is 1. The third-order valence-electron chi connectivity index (χ3n) is 5.75. The molecule has 0 aliphatic carbocycles. The maximum absolute atomic E-state index is 14.3. The molecule has 8 heteroatoms. The number of pyridine rings is 1. The van der Waals surface area contributed by atoms with Crippen LogP contribution in [0.2, 0.25) is 5.02 Å². The first-order valence-corrected chi connectivity index (χ1v) is 10.3. The molecule has 0 saturated carbocycles. The molecule has 0 radical (unpaired) electrons. The Labute approximate surface area is 183 Å². The molecule has 2 unspecified atom stereocenters. The number of carbonyl (C=O) groups is 1. The summed E-state index contributed by atoms with van der Waals surface area (Å²) in [6.45, 7) is 3.56. The lowest BCUT2D eigenvalue weighted by Crippen LogP contribution is -2.26. The highest BCUT2D eigenvalue weighted by Gasteiger charge is 2.24. The first kappa shape index (κ1) is 22.8. The molecule has 31 heavy (non-hydrogen) atoms. The van der Waals surface area contributed by atoms with E-state index in [4.69, 9.17) is 11.6 Å². The minimum absolute atomic E-state index is 0.0280. The summed E-state index contributed by atoms with van der Waals surface area (Å²) in [4.78, 5) is 24.6. The molecule has 0 amide bonds. The van der Waals surface area contributed by atoms with Crippen LogP contribution < -0.4 is 5.43 Å². The number of fused-ring (bicyclic) bond motifs is 1. The molecule has 0 aliphatic rings. The molecule has 0 bridgehead atoms. The lowest BCUT2D eigenvalue weighted by molar-refractivity contribution is 0.0694. The molecule has 0 fully saturated rings. The van der Waals surface area contributed by atoms with Crippen LogP contribution in [-0.2, 0) is 6.42 Å². The van der Waals surface area contributed by atoms with E-state index in [0.717, 1.165) is 0 Å². The van der Waals surface area contributed by atoms with E-state index in [1.54, 1.807) is 18.2 Å². The van der Waals surface area contributed by atoms with Crippen molar-refractivity contribution in [2.24, 2.45) is 5.92 Å². The zero-order valence-electron chi connectivity index (χ0n) is 17.1. The van der Waals surface area contributed by atoms with Crippen LogP contribution in [0.1, 0.15) is 47.8 Å². The van der Waals surface area contributed by atoms with E-state index in [9.17, 15) is 29.3 Å². The lowest BCUT2D eigenvalue weighted by atomic mass is 9.96. The van der Waals surface area contributed by atoms with E-state index in [1.807, 2.05) is 13.8 Å². The number of nitrogens with zero attached hydrogens (tertiary/aromatic N) is 1. The van der Waals surface area contributed by atoms with Crippen LogP contribution in [0.5, 0.6) is 5.75 Å². The van der Waals surface area contributed by atoms with Gasteiger partial charge < -0.3 is 19.9 Å². The highest BCUT2D eigenvalue weighted by molar-refractivity contribution is 6.30. The van der Waals surface area contributed by atoms with E-state index in [1.165, 1.54) is 22.9 Å². The van der Waals surface area contributed by atoms with E-state index >= 15 is 0 Å². The van der Waals surface area contributed by atoms with Crippen LogP contribution in [0.4, 0.5) is 4.39 Å². The summed E-state index contributed by atoms with van der Waals surface area (Å²) < 4.78 is 15.9. The topological polar surface area (TPSA) is 99.8 Å². The second-order valence-electron chi connectivity index (χ2n) is 7.58. The van der Waals surface area contributed by atoms with Crippen molar-refractivity contribution in [1.29, 1.82) is 0 Å². The number of aromatic hydroxyl groups is 1. The van der Waals surface area contributed by atoms with Gasteiger partial charge in [-0.25, -0.2) is 9.18 Å². The summed E-state index contributed by atoms with van der Waals surface area (Å²) in [6, 6.07) is 7.13. The van der Waals surface area contributed by atoms with Crippen LogP contribution in [-0.4, -0.2) is 32.5 Å². The van der Waals surface area contributed by atoms with Crippen molar-refractivity contribution in [3.8, 4) is 5.75 Å². The lowest BCUT2D eigenvalue weighted by Gasteiger charge is -2.26. The predicted octanol–water partition coefficient (Wildman–Crippen LogP) is 4.37. The van der Waals surface area contributed by atoms with Gasteiger partial charge in [0.15, 0.2) is 0 Å². The van der Waals surface area contributed by atoms with E-state index < -0.39 is 34.6 Å². The van der Waals surface area contributed by atoms with Gasteiger partial charge >= 0.3 is 5.97 Å². The van der Waals surface area contributed by atoms with Crippen molar-refractivity contribution in [2.45, 2.75) is 32.7 Å². The van der Waals surface area contributed by atoms with E-state index in [-0.39, 0.29) is 40.5 Å². The average Bonchev–Trinajstić information content (AvgIpc) is 2.74. The normalized spacial score (nSPS) is 13.3. The number of halogens is 2. The molecule has 0 saturated heterocycles. The molecule has 0 spiro atoms. The van der Waals surface area contributed by atoms with E-state index in [2.05, 4.69) is 0 Å². The first-order valence-electron chi connectivity index (χ1n) is 9.87. The van der Waals surface area contributed by atoms with Gasteiger partial charge in [0, 0.05) is 12.6 Å². The Morgan fingerprint density at radius 3 is 2.55 bits per heavy atom. The highest BCUT2D eigenvalue weighted by atomic mass is 35.5. The molecule has 3 aromatic rings. The fourth-order valence-corrected chi connectivity index (χ4v) is 3.93. The fourth-order valence-electron chi connectivity index (χ4n) is 3.74. The summed E-state index contributed by atoms with van der Waals surface area (Å²) in [7, 11) is 0. The van der Waals surface area contributed by atoms with E-state index in [0.29, 0.717) is 11.9 Å². The smallest absolute Gasteiger partial charge is 0.341 e. The third kappa shape index (κ3) is 4.16. The minimum Gasteiger partial charge on any atom is -0.507 e. The number of hydrogen-bond acceptors (Lipinski definition) is 4. The number of rotatable bonds is 7. The van der Waals surface area contributed by atoms with Crippen LogP contribution in [0, 0.1) is 11.7 Å². The quantitative estimate of drug-likeness (QED) is 0.499. The van der Waals surface area contributed by atoms with Gasteiger partial charge in [-0.15, -0.1) is 0 Å². The minimum atomic E-state index is -1.44. The first-order chi connectivity index (χ1) is 14.7. The van der Waals surface area contributed by atoms with Gasteiger partial charge in [-0.05, 0) is 29.2 Å². The van der Waals surface area contributed by atoms with Gasteiger partial charge in [-0.2, -0.15) is 0 Å². The largest absolute Gasteiger partial charge is 0.507 e. The number of aliphatic hydroxyl groups excluding tert-OH is 1. The highest BCUT2D eigenvalue weighted by Crippen LogP contribution is 2.33. The molecule has 2 aromatic carbocycles. The number of phenolic OH excluding ortho intramolecular Hbond substituents is 1.